The van der Waals surface area contributed by atoms with Crippen molar-refractivity contribution in [2.24, 2.45) is 30.7 Å². The molecule has 5 heterocycles. The Morgan fingerprint density at radius 1 is 0.430 bits per heavy atom. The first-order chi connectivity index (χ1) is 67.1. The summed E-state index contributed by atoms with van der Waals surface area (Å²) in [5, 5.41) is 22.1. The quantitative estimate of drug-likeness (QED) is 0.0147. The van der Waals surface area contributed by atoms with Crippen molar-refractivity contribution in [3.8, 4) is 0 Å². The van der Waals surface area contributed by atoms with E-state index in [2.05, 4.69) is 302 Å². The van der Waals surface area contributed by atoms with Crippen LogP contribution in [0.25, 0.3) is 60.2 Å². The van der Waals surface area contributed by atoms with Gasteiger partial charge in [0.15, 0.2) is 41.3 Å². The number of nitrogens with zero attached hydrogens (tertiary/aromatic N) is 5. The van der Waals surface area contributed by atoms with Crippen molar-refractivity contribution < 1.29 is 100 Å². The van der Waals surface area contributed by atoms with E-state index in [9.17, 15) is 10.1 Å². The number of imidazole rings is 1. The van der Waals surface area contributed by atoms with Crippen molar-refractivity contribution in [2.75, 3.05) is 26.8 Å². The second-order valence-corrected chi connectivity index (χ2v) is 42.1. The van der Waals surface area contributed by atoms with Crippen LogP contribution in [0.2, 0.25) is 0 Å². The standard InChI is InChI=1S/C32H32N.C31H34N.C25H31N2O4.C19H20N2.4C5H10.8CH3.Co.3Fe/c1-32(22-24-15-17-25-11-5-6-13-27(25)21-24)29-19-18-26-12-7-8-14-28(26)31(29)33(2)30(32)20-16-23-9-3-4-10-23;1-4-20-31(3)29(19-15-24-10-8-9-11-24)32(22-25-12-6-5-7-13-25)28-18-16-26-21-23(2)14-17-27(26)30(28)31;1-3-30-15-13-26-23-10-9-21(27(28)29)16-22(23)25(2,17-20-12-14-31-18-20)24(26)11-8-19-6-4-5-7-19;1-21-17-12-11-15-8-4-5-9-16(15)19(17)20-18(21)13-10-14-6-2-3-7-14;4*1-2-4-5-3-1;;;;;;;;;;;;/h5-8,11-21,23H,3-4,9-10,22H2,1-2H3;4-7,12-19,21,24H,1,8-11,20,22H2,2-3H3;8-12,14,16,18-19H,3-7,13,15,17H2,1-2H3;4-5,8-14H,2-3,6-7H2,1H3;4*1-5H2;8*1H3;;;;/q3*+1;;;;;;8*-1;4*+2/p+1/b20-16+;19-15+;11-8+;13-10+;;;;;;;;;;;;;;;;. The first-order valence-corrected chi connectivity index (χ1v) is 53.7. The third-order valence-corrected chi connectivity index (χ3v) is 32.0. The summed E-state index contributed by atoms with van der Waals surface area (Å²) in [6.07, 6.45) is 78.8. The number of non-ortho nitro benzene ring substituents is 1. The molecule has 14 heteroatoms. The van der Waals surface area contributed by atoms with Crippen LogP contribution in [0.5, 0.6) is 0 Å². The maximum Gasteiger partial charge on any atom is 2.00 e. The first kappa shape index (κ1) is 132. The molecule has 149 heavy (non-hydrogen) atoms. The summed E-state index contributed by atoms with van der Waals surface area (Å²) in [5.74, 6) is 4.02. The number of nitrogens with one attached hydrogen (secondary N) is 1. The van der Waals surface area contributed by atoms with Gasteiger partial charge in [-0.25, -0.2) is 9.55 Å². The number of nitro groups is 1. The van der Waals surface area contributed by atoms with E-state index in [1.165, 1.54) is 347 Å². The number of benzene rings is 10. The molecule has 12 aromatic rings. The molecule has 10 aromatic carbocycles. The van der Waals surface area contributed by atoms with Gasteiger partial charge < -0.3 is 68.6 Å². The zero-order valence-electron chi connectivity index (χ0n) is 93.6. The average Bonchev–Trinajstić information content (AvgIpc) is 1.56. The molecule has 0 amide bonds. The van der Waals surface area contributed by atoms with Crippen molar-refractivity contribution in [1.82, 2.24) is 4.98 Å². The van der Waals surface area contributed by atoms with Gasteiger partial charge in [0.25, 0.3) is 11.5 Å². The molecule has 10 nitrogen and oxygen atoms in total. The van der Waals surface area contributed by atoms with E-state index >= 15 is 0 Å². The summed E-state index contributed by atoms with van der Waals surface area (Å²) in [6.45, 7) is 18.3. The Labute approximate surface area is 945 Å². The molecule has 1 N–H and O–H groups in total. The van der Waals surface area contributed by atoms with Crippen LogP contribution >= 0.6 is 0 Å². The molecule has 3 atom stereocenters. The fourth-order valence-corrected chi connectivity index (χ4v) is 24.3. The number of furan rings is 1. The molecule has 0 bridgehead atoms. The van der Waals surface area contributed by atoms with Gasteiger partial charge in [0.2, 0.25) is 17.1 Å². The summed E-state index contributed by atoms with van der Waals surface area (Å²) < 4.78 is 20.6. The van der Waals surface area contributed by atoms with Gasteiger partial charge in [-0.05, 0) is 209 Å². The van der Waals surface area contributed by atoms with Gasteiger partial charge in [0.1, 0.15) is 13.7 Å². The van der Waals surface area contributed by atoms with Gasteiger partial charge in [-0.1, -0.05) is 355 Å². The first-order valence-electron chi connectivity index (χ1n) is 53.7. The van der Waals surface area contributed by atoms with Gasteiger partial charge in [0.05, 0.1) is 46.1 Å². The van der Waals surface area contributed by atoms with Crippen LogP contribution in [-0.4, -0.2) is 67.6 Å². The molecule has 3 unspecified atom stereocenters. The number of nitro benzene ring substituents is 1. The number of rotatable bonds is 21. The number of allylic oxidation sites excluding steroid dienone is 8. The molecule has 805 valence electrons. The summed E-state index contributed by atoms with van der Waals surface area (Å²) >= 11 is 0. The summed E-state index contributed by atoms with van der Waals surface area (Å²) in [5.41, 5.74) is 18.9. The second kappa shape index (κ2) is 65.6. The second-order valence-electron chi connectivity index (χ2n) is 42.1. The number of fused-ring (bicyclic) bond motifs is 11. The van der Waals surface area contributed by atoms with Crippen LogP contribution in [-0.2, 0) is 115 Å². The third kappa shape index (κ3) is 33.3. The number of aromatic amines is 1. The average molecular weight is 2180 g/mol. The zero-order valence-corrected chi connectivity index (χ0v) is 97.9. The fraction of sp³-hybridized carbons (Fsp3) is 0.422. The maximum absolute atomic E-state index is 11.5. The molecule has 8 aliphatic carbocycles. The Hall–Kier alpha value is -8.88. The normalized spacial score (nSPS) is 19.2. The van der Waals surface area contributed by atoms with Crippen molar-refractivity contribution in [3.05, 3.63) is 382 Å². The van der Waals surface area contributed by atoms with Crippen molar-refractivity contribution in [3.63, 3.8) is 0 Å². The van der Waals surface area contributed by atoms with E-state index in [0.29, 0.717) is 32.1 Å². The van der Waals surface area contributed by atoms with Crippen molar-refractivity contribution in [2.45, 2.75) is 308 Å². The Balaban J connectivity index is 0.000000380. The monoisotopic (exact) mass is 2180 g/mol. The third-order valence-electron chi connectivity index (χ3n) is 32.0. The van der Waals surface area contributed by atoms with E-state index in [0.717, 1.165) is 54.0 Å². The van der Waals surface area contributed by atoms with Gasteiger partial charge in [-0.3, -0.25) is 10.1 Å². The van der Waals surface area contributed by atoms with Crippen LogP contribution in [0, 0.1) is 100 Å². The van der Waals surface area contributed by atoms with Gasteiger partial charge >= 0.3 is 68.0 Å². The Bertz CT molecular complexity index is 6210. The Morgan fingerprint density at radius 3 is 1.38 bits per heavy atom. The number of aryl methyl sites for hydroxylation is 2. The molecule has 11 aliphatic rings. The molecule has 8 fully saturated rings. The fourth-order valence-electron chi connectivity index (χ4n) is 24.3. The maximum atomic E-state index is 11.5. The van der Waals surface area contributed by atoms with Gasteiger partial charge in [-0.15, -0.1) is 6.58 Å². The minimum atomic E-state index is -0.396. The molecule has 8 saturated carbocycles. The van der Waals surface area contributed by atoms with Crippen LogP contribution in [0.3, 0.4) is 0 Å². The largest absolute Gasteiger partial charge is 2.00 e. The number of hydrogen-bond donors (Lipinski definition) is 1. The molecular formula is C135H182CoFe3N6O4+4. The predicted octanol–water partition coefficient (Wildman–Crippen LogP) is 37.3. The van der Waals surface area contributed by atoms with Crippen LogP contribution in [0.15, 0.2) is 272 Å². The smallest absolute Gasteiger partial charge is 0.472 e. The number of ether oxygens (including phenoxy) is 1. The molecule has 0 saturated heterocycles. The molecule has 0 spiro atoms. The minimum Gasteiger partial charge on any atom is -0.472 e. The van der Waals surface area contributed by atoms with Crippen molar-refractivity contribution >= 4 is 100 Å². The van der Waals surface area contributed by atoms with Crippen molar-refractivity contribution in [1.29, 1.82) is 0 Å². The molecular weight excluding hydrogens is 2000 g/mol. The molecule has 2 aromatic heterocycles. The Kier molecular flexibility index (Phi) is 58.3. The van der Waals surface area contributed by atoms with E-state index in [-0.39, 0.29) is 149 Å². The van der Waals surface area contributed by atoms with E-state index in [1.54, 1.807) is 24.7 Å². The SMILES string of the molecule is C1CCCC1.C1CCCC1.C1CCCC1.C1CCCC1.C=CCC1(C)C(/C=C/C2CCCC2)=[N+](Cc2ccccc2)c2ccc3cc(C)ccc3c21.CCOCC[N+]1=C(/C=C/C2CCCC2)C(C)(Cc2ccoc2)c2cc([N+](=O)[O-])ccc21.C[N+]1=C(/C=C/C2CCCC2)C(C)(Cc2ccc3ccccc3c2)c2ccc3ccccc3c21.C[n+]1c(/C=C/C2CCCC2)[nH]c2c3ccccc3ccc21.[CH3-].[CH3-].[CH3-].[CH3-].[CH3-].[CH3-].[CH3-].[CH3-].[Co+2].[Fe+2].[Fe+2].[Fe+2]. The van der Waals surface area contributed by atoms with Crippen LogP contribution in [0.4, 0.5) is 22.7 Å². The van der Waals surface area contributed by atoms with Crippen LogP contribution in [0.1, 0.15) is 310 Å². The number of hydrogen-bond acceptors (Lipinski definition) is 4. The summed E-state index contributed by atoms with van der Waals surface area (Å²) in [4.78, 5) is 14.8. The zero-order chi connectivity index (χ0) is 94.8. The Morgan fingerprint density at radius 2 is 0.872 bits per heavy atom. The summed E-state index contributed by atoms with van der Waals surface area (Å²) in [7, 11) is 4.41. The molecule has 1 radical (unpaired) electrons. The number of H-pyrrole nitrogens is 1. The van der Waals surface area contributed by atoms with Gasteiger partial charge in [-0.2, -0.15) is 13.7 Å². The number of aromatic nitrogens is 2. The van der Waals surface area contributed by atoms with E-state index in [1.807, 2.05) is 19.1 Å². The van der Waals surface area contributed by atoms with Gasteiger partial charge in [0, 0.05) is 82.8 Å². The predicted molar refractivity (Wildman–Crippen MR) is 630 cm³/mol. The van der Waals surface area contributed by atoms with Crippen LogP contribution < -0.4 is 4.57 Å². The topological polar surface area (TPSA) is 94.2 Å². The molecule has 23 rings (SSSR count). The van der Waals surface area contributed by atoms with E-state index in [4.69, 9.17) is 9.15 Å². The minimum absolute atomic E-state index is 0. The molecule has 3 aliphatic heterocycles. The van der Waals surface area contributed by atoms with E-state index < -0.39 is 5.41 Å². The summed E-state index contributed by atoms with van der Waals surface area (Å²) in [6, 6.07) is 71.8.